The zero-order valence-electron chi connectivity index (χ0n) is 15.7. The van der Waals surface area contributed by atoms with E-state index in [2.05, 4.69) is 80.3 Å². The summed E-state index contributed by atoms with van der Waals surface area (Å²) in [6.45, 7) is 7.73. The van der Waals surface area contributed by atoms with Crippen molar-refractivity contribution in [3.8, 4) is 0 Å². The highest BCUT2D eigenvalue weighted by Crippen LogP contribution is 2.42. The summed E-state index contributed by atoms with van der Waals surface area (Å²) in [5, 5.41) is 0. The lowest BCUT2D eigenvalue weighted by atomic mass is 9.83. The normalized spacial score (nSPS) is 19.5. The molecule has 0 N–H and O–H groups in total. The van der Waals surface area contributed by atoms with E-state index in [1.54, 1.807) is 0 Å². The molecule has 0 amide bonds. The molecule has 0 saturated heterocycles. The fourth-order valence-corrected chi connectivity index (χ4v) is 4.12. The van der Waals surface area contributed by atoms with Crippen LogP contribution in [0.15, 0.2) is 42.0 Å². The van der Waals surface area contributed by atoms with Crippen LogP contribution in [0, 0.1) is 0 Å². The number of thiol groups is 1. The van der Waals surface area contributed by atoms with Crippen LogP contribution in [0.4, 0.5) is 11.6 Å². The van der Waals surface area contributed by atoms with Gasteiger partial charge in [0.1, 0.15) is 0 Å². The summed E-state index contributed by atoms with van der Waals surface area (Å²) >= 11 is 4.50. The molecule has 0 fully saturated rings. The molecule has 2 unspecified atom stereocenters. The van der Waals surface area contributed by atoms with Gasteiger partial charge in [0.25, 0.3) is 0 Å². The van der Waals surface area contributed by atoms with Crippen molar-refractivity contribution in [2.24, 2.45) is 0 Å². The van der Waals surface area contributed by atoms with Crippen molar-refractivity contribution >= 4 is 24.3 Å². The van der Waals surface area contributed by atoms with Gasteiger partial charge in [-0.05, 0) is 18.6 Å². The minimum atomic E-state index is 0.398. The molecular formula is C21H29N3S. The number of nitrogens with zero attached hydrogens (tertiary/aromatic N) is 3. The zero-order valence-corrected chi connectivity index (χ0v) is 16.6. The minimum absolute atomic E-state index is 0.398. The average Bonchev–Trinajstić information content (AvgIpc) is 3.00. The molecule has 3 nitrogen and oxygen atoms in total. The summed E-state index contributed by atoms with van der Waals surface area (Å²) in [7, 11) is 2.11. The van der Waals surface area contributed by atoms with Crippen LogP contribution >= 0.6 is 12.6 Å². The van der Waals surface area contributed by atoms with E-state index < -0.39 is 0 Å². The first-order valence-electron chi connectivity index (χ1n) is 9.29. The fourth-order valence-electron chi connectivity index (χ4n) is 3.92. The highest BCUT2D eigenvalue weighted by atomic mass is 32.1. The monoisotopic (exact) mass is 355 g/mol. The number of anilines is 2. The first-order chi connectivity index (χ1) is 12.1. The molecule has 3 rings (SSSR count). The van der Waals surface area contributed by atoms with Crippen LogP contribution in [0.2, 0.25) is 0 Å². The van der Waals surface area contributed by atoms with Gasteiger partial charge in [-0.1, -0.05) is 57.0 Å². The van der Waals surface area contributed by atoms with Crippen molar-refractivity contribution in [2.75, 3.05) is 17.7 Å². The Morgan fingerprint density at radius 3 is 2.56 bits per heavy atom. The largest absolute Gasteiger partial charge is 0.315 e. The Morgan fingerprint density at radius 1 is 1.20 bits per heavy atom. The van der Waals surface area contributed by atoms with Crippen LogP contribution in [-0.2, 0) is 6.54 Å². The third-order valence-electron chi connectivity index (χ3n) is 5.18. The van der Waals surface area contributed by atoms with Gasteiger partial charge in [0, 0.05) is 42.6 Å². The molecule has 1 heterocycles. The molecule has 0 aliphatic heterocycles. The predicted octanol–water partition coefficient (Wildman–Crippen LogP) is 5.53. The molecule has 2 aromatic rings. The van der Waals surface area contributed by atoms with Crippen molar-refractivity contribution in [1.82, 2.24) is 9.55 Å². The Labute approximate surface area is 157 Å². The van der Waals surface area contributed by atoms with Crippen molar-refractivity contribution in [3.63, 3.8) is 0 Å². The second-order valence-corrected chi connectivity index (χ2v) is 7.40. The van der Waals surface area contributed by atoms with Gasteiger partial charge in [0.05, 0.1) is 5.69 Å². The van der Waals surface area contributed by atoms with Crippen molar-refractivity contribution in [1.29, 1.82) is 0 Å². The summed E-state index contributed by atoms with van der Waals surface area (Å²) in [6.07, 6.45) is 4.81. The number of allylic oxidation sites excluding steroid dienone is 2. The third kappa shape index (κ3) is 3.37. The van der Waals surface area contributed by atoms with Crippen LogP contribution in [0.25, 0.3) is 0 Å². The Bertz CT molecular complexity index is 748. The van der Waals surface area contributed by atoms with E-state index in [-0.39, 0.29) is 0 Å². The standard InChI is InChI=1S/C21H29N3S/c1-5-9-17-14-15(2)20-19(16(17)3)22-21(24(20)12-13-25)23(4)18-10-7-6-8-11-18/h6-8,10-11,14-16,25H,5,9,12-13H2,1-4H3. The molecule has 1 aliphatic carbocycles. The number of imidazole rings is 1. The van der Waals surface area contributed by atoms with Crippen molar-refractivity contribution in [2.45, 2.75) is 52.0 Å². The molecule has 1 aromatic carbocycles. The summed E-state index contributed by atoms with van der Waals surface area (Å²) in [4.78, 5) is 7.32. The maximum atomic E-state index is 5.12. The van der Waals surface area contributed by atoms with E-state index in [9.17, 15) is 0 Å². The van der Waals surface area contributed by atoms with E-state index in [1.165, 1.54) is 23.4 Å². The first-order valence-corrected chi connectivity index (χ1v) is 9.92. The molecular weight excluding hydrogens is 326 g/mol. The average molecular weight is 356 g/mol. The molecule has 4 heteroatoms. The summed E-state index contributed by atoms with van der Waals surface area (Å²) in [6, 6.07) is 10.5. The number of hydrogen-bond acceptors (Lipinski definition) is 3. The Balaban J connectivity index is 2.08. The predicted molar refractivity (Wildman–Crippen MR) is 110 cm³/mol. The molecule has 134 valence electrons. The van der Waals surface area contributed by atoms with E-state index in [0.29, 0.717) is 11.8 Å². The van der Waals surface area contributed by atoms with Gasteiger partial charge in [-0.2, -0.15) is 12.6 Å². The Morgan fingerprint density at radius 2 is 1.92 bits per heavy atom. The molecule has 0 radical (unpaired) electrons. The number of fused-ring (bicyclic) bond motifs is 1. The Hall–Kier alpha value is -1.68. The van der Waals surface area contributed by atoms with Gasteiger partial charge >= 0.3 is 0 Å². The van der Waals surface area contributed by atoms with E-state index >= 15 is 0 Å². The second kappa shape index (κ2) is 7.69. The summed E-state index contributed by atoms with van der Waals surface area (Å²) < 4.78 is 2.37. The highest BCUT2D eigenvalue weighted by Gasteiger charge is 2.31. The maximum absolute atomic E-state index is 5.12. The molecule has 0 saturated carbocycles. The number of hydrogen-bond donors (Lipinski definition) is 1. The van der Waals surface area contributed by atoms with Gasteiger partial charge in [-0.3, -0.25) is 0 Å². The van der Waals surface area contributed by atoms with Crippen molar-refractivity contribution < 1.29 is 0 Å². The molecule has 2 atom stereocenters. The summed E-state index contributed by atoms with van der Waals surface area (Å²) in [5.74, 6) is 2.63. The third-order valence-corrected chi connectivity index (χ3v) is 5.38. The highest BCUT2D eigenvalue weighted by molar-refractivity contribution is 7.80. The van der Waals surface area contributed by atoms with Crippen LogP contribution in [0.5, 0.6) is 0 Å². The maximum Gasteiger partial charge on any atom is 0.210 e. The zero-order chi connectivity index (χ0) is 18.0. The minimum Gasteiger partial charge on any atom is -0.315 e. The number of rotatable bonds is 6. The van der Waals surface area contributed by atoms with Crippen LogP contribution in [0.3, 0.4) is 0 Å². The molecule has 25 heavy (non-hydrogen) atoms. The van der Waals surface area contributed by atoms with Gasteiger partial charge in [0.2, 0.25) is 5.95 Å². The number of para-hydroxylation sites is 1. The molecule has 1 aromatic heterocycles. The lowest BCUT2D eigenvalue weighted by molar-refractivity contribution is 0.652. The SMILES string of the molecule is CCCC1=CC(C)c2c(nc(N(C)c3ccccc3)n2CCS)C1C. The van der Waals surface area contributed by atoms with Crippen LogP contribution < -0.4 is 4.90 Å². The van der Waals surface area contributed by atoms with Gasteiger partial charge in [0.15, 0.2) is 0 Å². The topological polar surface area (TPSA) is 21.1 Å². The first kappa shape index (κ1) is 18.1. The van der Waals surface area contributed by atoms with Gasteiger partial charge in [-0.15, -0.1) is 0 Å². The number of aromatic nitrogens is 2. The van der Waals surface area contributed by atoms with E-state index in [1.807, 2.05) is 6.07 Å². The van der Waals surface area contributed by atoms with Gasteiger partial charge in [-0.25, -0.2) is 4.98 Å². The molecule has 0 bridgehead atoms. The Kier molecular flexibility index (Phi) is 5.57. The summed E-state index contributed by atoms with van der Waals surface area (Å²) in [5.41, 5.74) is 5.30. The smallest absolute Gasteiger partial charge is 0.210 e. The van der Waals surface area contributed by atoms with Crippen LogP contribution in [-0.4, -0.2) is 22.4 Å². The van der Waals surface area contributed by atoms with Crippen molar-refractivity contribution in [3.05, 3.63) is 53.4 Å². The quantitative estimate of drug-likeness (QED) is 0.543. The fraction of sp³-hybridized carbons (Fsp3) is 0.476. The molecule has 1 aliphatic rings. The second-order valence-electron chi connectivity index (χ2n) is 6.95. The lowest BCUT2D eigenvalue weighted by Gasteiger charge is -2.26. The van der Waals surface area contributed by atoms with Crippen LogP contribution in [0.1, 0.15) is 56.8 Å². The molecule has 0 spiro atoms. The lowest BCUT2D eigenvalue weighted by Crippen LogP contribution is -2.18. The van der Waals surface area contributed by atoms with E-state index in [4.69, 9.17) is 4.98 Å². The van der Waals surface area contributed by atoms with Gasteiger partial charge < -0.3 is 9.47 Å². The van der Waals surface area contributed by atoms with E-state index in [0.717, 1.165) is 30.4 Å². The number of benzene rings is 1.